The molecule has 0 bridgehead atoms. The average molecular weight is 301 g/mol. The Hall–Kier alpha value is -2.40. The van der Waals surface area contributed by atoms with E-state index in [1.807, 2.05) is 26.0 Å². The predicted molar refractivity (Wildman–Crippen MR) is 85.0 cm³/mol. The van der Waals surface area contributed by atoms with Gasteiger partial charge in [-0.2, -0.15) is 0 Å². The first kappa shape index (κ1) is 15.0. The molecule has 1 heterocycles. The molecule has 1 amide bonds. The molecule has 0 radical (unpaired) electrons. The molecule has 0 aliphatic carbocycles. The van der Waals surface area contributed by atoms with Crippen molar-refractivity contribution in [3.05, 3.63) is 57.8 Å². The fraction of sp³-hybridized carbons (Fsp3) is 0.125. The lowest BCUT2D eigenvalue weighted by Gasteiger charge is -2.06. The van der Waals surface area contributed by atoms with Gasteiger partial charge in [-0.1, -0.05) is 18.2 Å². The van der Waals surface area contributed by atoms with Gasteiger partial charge in [0, 0.05) is 4.88 Å². The smallest absolute Gasteiger partial charge is 0.337 e. The van der Waals surface area contributed by atoms with Crippen molar-refractivity contribution in [2.45, 2.75) is 13.8 Å². The fourth-order valence-corrected chi connectivity index (χ4v) is 2.71. The lowest BCUT2D eigenvalue weighted by molar-refractivity contribution is 0.0698. The molecule has 0 atom stereocenters. The summed E-state index contributed by atoms with van der Waals surface area (Å²) in [5.41, 5.74) is 1.48. The Bertz CT molecular complexity index is 716. The Kier molecular flexibility index (Phi) is 4.55. The number of para-hydroxylation sites is 1. The Morgan fingerprint density at radius 3 is 2.48 bits per heavy atom. The Morgan fingerprint density at radius 1 is 1.14 bits per heavy atom. The van der Waals surface area contributed by atoms with Gasteiger partial charge in [-0.25, -0.2) is 4.79 Å². The van der Waals surface area contributed by atoms with Crippen LogP contribution in [0, 0.1) is 0 Å². The third kappa shape index (κ3) is 3.38. The molecule has 0 saturated carbocycles. The van der Waals surface area contributed by atoms with Crippen LogP contribution in [0.3, 0.4) is 0 Å². The van der Waals surface area contributed by atoms with Crippen molar-refractivity contribution in [1.82, 2.24) is 0 Å². The van der Waals surface area contributed by atoms with Crippen molar-refractivity contribution in [3.63, 3.8) is 0 Å². The van der Waals surface area contributed by atoms with Gasteiger partial charge in [0.05, 0.1) is 16.1 Å². The number of amides is 1. The van der Waals surface area contributed by atoms with Crippen LogP contribution in [0.5, 0.6) is 0 Å². The molecule has 0 fully saturated rings. The SMILES string of the molecule is C/C=C(\C)c1ccc(C(=O)Nc2ccccc2C(=O)O)s1. The molecule has 0 aliphatic rings. The molecule has 2 aromatic rings. The lowest BCUT2D eigenvalue weighted by Crippen LogP contribution is -2.13. The second-order valence-electron chi connectivity index (χ2n) is 4.44. The molecule has 0 saturated heterocycles. The summed E-state index contributed by atoms with van der Waals surface area (Å²) in [6.07, 6.45) is 1.98. The van der Waals surface area contributed by atoms with Gasteiger partial charge in [0.25, 0.3) is 5.91 Å². The summed E-state index contributed by atoms with van der Waals surface area (Å²) < 4.78 is 0. The molecule has 0 unspecified atom stereocenters. The van der Waals surface area contributed by atoms with Gasteiger partial charge >= 0.3 is 5.97 Å². The van der Waals surface area contributed by atoms with Crippen molar-refractivity contribution in [2.24, 2.45) is 0 Å². The highest BCUT2D eigenvalue weighted by atomic mass is 32.1. The largest absolute Gasteiger partial charge is 0.478 e. The van der Waals surface area contributed by atoms with Crippen molar-refractivity contribution in [3.8, 4) is 0 Å². The number of thiophene rings is 1. The topological polar surface area (TPSA) is 66.4 Å². The van der Waals surface area contributed by atoms with E-state index < -0.39 is 5.97 Å². The highest BCUT2D eigenvalue weighted by Gasteiger charge is 2.14. The quantitative estimate of drug-likeness (QED) is 0.892. The lowest BCUT2D eigenvalue weighted by atomic mass is 10.2. The minimum absolute atomic E-state index is 0.0762. The number of allylic oxidation sites excluding steroid dienone is 2. The summed E-state index contributed by atoms with van der Waals surface area (Å²) >= 11 is 1.38. The number of aromatic carboxylic acids is 1. The first-order valence-electron chi connectivity index (χ1n) is 6.39. The number of carbonyl (C=O) groups is 2. The number of benzene rings is 1. The molecule has 1 aromatic carbocycles. The zero-order chi connectivity index (χ0) is 15.4. The van der Waals surface area contributed by atoms with Crippen LogP contribution in [0.2, 0.25) is 0 Å². The molecule has 108 valence electrons. The third-order valence-electron chi connectivity index (χ3n) is 3.06. The van der Waals surface area contributed by atoms with Crippen LogP contribution < -0.4 is 5.32 Å². The van der Waals surface area contributed by atoms with Gasteiger partial charge in [0.2, 0.25) is 0 Å². The first-order chi connectivity index (χ1) is 10.0. The van der Waals surface area contributed by atoms with Crippen molar-refractivity contribution < 1.29 is 14.7 Å². The van der Waals surface area contributed by atoms with Gasteiger partial charge in [-0.05, 0) is 43.7 Å². The molecule has 1 aromatic heterocycles. The van der Waals surface area contributed by atoms with Crippen LogP contribution in [0.4, 0.5) is 5.69 Å². The Balaban J connectivity index is 2.23. The summed E-state index contributed by atoms with van der Waals surface area (Å²) in [6, 6.07) is 9.97. The van der Waals surface area contributed by atoms with Gasteiger partial charge in [-0.3, -0.25) is 4.79 Å². The maximum atomic E-state index is 12.2. The number of hydrogen-bond donors (Lipinski definition) is 2. The van der Waals surface area contributed by atoms with E-state index in [0.29, 0.717) is 10.6 Å². The molecular weight excluding hydrogens is 286 g/mol. The van der Waals surface area contributed by atoms with Crippen LogP contribution in [0.25, 0.3) is 5.57 Å². The van der Waals surface area contributed by atoms with E-state index in [0.717, 1.165) is 10.5 Å². The summed E-state index contributed by atoms with van der Waals surface area (Å²) in [4.78, 5) is 24.9. The van der Waals surface area contributed by atoms with Crippen LogP contribution in [0.1, 0.15) is 38.8 Å². The second-order valence-corrected chi connectivity index (χ2v) is 5.52. The normalized spacial score (nSPS) is 11.2. The zero-order valence-electron chi connectivity index (χ0n) is 11.7. The highest BCUT2D eigenvalue weighted by Crippen LogP contribution is 2.25. The molecule has 0 spiro atoms. The summed E-state index contributed by atoms with van der Waals surface area (Å²) in [7, 11) is 0. The van der Waals surface area contributed by atoms with E-state index in [-0.39, 0.29) is 11.5 Å². The molecular formula is C16H15NO3S. The van der Waals surface area contributed by atoms with Crippen LogP contribution >= 0.6 is 11.3 Å². The molecule has 2 rings (SSSR count). The number of carboxylic acids is 1. The van der Waals surface area contributed by atoms with Gasteiger partial charge in [0.15, 0.2) is 0 Å². The summed E-state index contributed by atoms with van der Waals surface area (Å²) in [5, 5.41) is 11.8. The number of rotatable bonds is 4. The monoisotopic (exact) mass is 301 g/mol. The number of carbonyl (C=O) groups excluding carboxylic acids is 1. The molecule has 5 heteroatoms. The Morgan fingerprint density at radius 2 is 1.81 bits per heavy atom. The zero-order valence-corrected chi connectivity index (χ0v) is 12.5. The van der Waals surface area contributed by atoms with Crippen LogP contribution in [-0.4, -0.2) is 17.0 Å². The fourth-order valence-electron chi connectivity index (χ4n) is 1.78. The van der Waals surface area contributed by atoms with Gasteiger partial charge < -0.3 is 10.4 Å². The van der Waals surface area contributed by atoms with Gasteiger partial charge in [0.1, 0.15) is 0 Å². The standard InChI is InChI=1S/C16H15NO3S/c1-3-10(2)13-8-9-14(21-13)15(18)17-12-7-5-4-6-11(12)16(19)20/h3-9H,1-2H3,(H,17,18)(H,19,20)/b10-3+. The maximum absolute atomic E-state index is 12.2. The summed E-state index contributed by atoms with van der Waals surface area (Å²) in [5.74, 6) is -1.37. The second kappa shape index (κ2) is 6.37. The van der Waals surface area contributed by atoms with Crippen LogP contribution in [-0.2, 0) is 0 Å². The van der Waals surface area contributed by atoms with E-state index >= 15 is 0 Å². The van der Waals surface area contributed by atoms with E-state index in [4.69, 9.17) is 5.11 Å². The molecule has 21 heavy (non-hydrogen) atoms. The van der Waals surface area contributed by atoms with Crippen molar-refractivity contribution in [1.29, 1.82) is 0 Å². The van der Waals surface area contributed by atoms with E-state index in [1.54, 1.807) is 24.3 Å². The first-order valence-corrected chi connectivity index (χ1v) is 7.21. The third-order valence-corrected chi connectivity index (χ3v) is 4.28. The maximum Gasteiger partial charge on any atom is 0.337 e. The highest BCUT2D eigenvalue weighted by molar-refractivity contribution is 7.15. The minimum Gasteiger partial charge on any atom is -0.478 e. The number of anilines is 1. The average Bonchev–Trinajstić information content (AvgIpc) is 2.96. The van der Waals surface area contributed by atoms with E-state index in [9.17, 15) is 9.59 Å². The van der Waals surface area contributed by atoms with Crippen molar-refractivity contribution >= 4 is 34.5 Å². The predicted octanol–water partition coefficient (Wildman–Crippen LogP) is 4.12. The van der Waals surface area contributed by atoms with Gasteiger partial charge in [-0.15, -0.1) is 11.3 Å². The Labute approximate surface area is 126 Å². The number of hydrogen-bond acceptors (Lipinski definition) is 3. The number of carboxylic acid groups (broad SMARTS) is 1. The summed E-state index contributed by atoms with van der Waals surface area (Å²) in [6.45, 7) is 3.92. The molecule has 4 nitrogen and oxygen atoms in total. The number of nitrogens with one attached hydrogen (secondary N) is 1. The molecule has 2 N–H and O–H groups in total. The van der Waals surface area contributed by atoms with E-state index in [2.05, 4.69) is 5.32 Å². The van der Waals surface area contributed by atoms with Crippen LogP contribution in [0.15, 0.2) is 42.5 Å². The molecule has 0 aliphatic heterocycles. The van der Waals surface area contributed by atoms with E-state index in [1.165, 1.54) is 17.4 Å². The minimum atomic E-state index is -1.07. The van der Waals surface area contributed by atoms with Crippen molar-refractivity contribution in [2.75, 3.05) is 5.32 Å².